The van der Waals surface area contributed by atoms with Crippen molar-refractivity contribution >= 4 is 36.7 Å². The van der Waals surface area contributed by atoms with Gasteiger partial charge in [0.1, 0.15) is 29.8 Å². The molecular formula is C41H63Cl2N11O3. The molecule has 314 valence electrons. The predicted molar refractivity (Wildman–Crippen MR) is 230 cm³/mol. The fraction of sp³-hybridized carbons (Fsp3) is 0.561. The normalized spacial score (nSPS) is 13.9. The lowest BCUT2D eigenvalue weighted by molar-refractivity contribution is -0.125. The first-order valence-electron chi connectivity index (χ1n) is 20.1. The Morgan fingerprint density at radius 3 is 2.47 bits per heavy atom. The Morgan fingerprint density at radius 1 is 0.912 bits per heavy atom. The van der Waals surface area contributed by atoms with Gasteiger partial charge in [0.2, 0.25) is 5.91 Å². The number of para-hydroxylation sites is 1. The number of halogens is 2. The standard InChI is InChI=1S/C41H61N11O3.2ClH/c1-30(2)20-23-54-39-19-7-6-17-37(39)32-14-10-16-36(25-32)55-29-35-27-51(49-48-35)26-33(15-8-9-21-42)46-40(53)38(18-11-22-45-41(43)44)52-28-34(47-50-52)24-31-12-4-3-5-13-31;;/h6-7,10,14,16-17,19,25,27-28,30-31,33,38H,3-5,8-9,11-13,15,18,20-24,26,29,42H2,1-2H3,(H,46,53)(H4,43,44,45);2*1H/t33-,38-;;/m1../s1. The van der Waals surface area contributed by atoms with E-state index in [0.29, 0.717) is 56.6 Å². The molecule has 1 aliphatic rings. The number of nitrogens with one attached hydrogen (secondary N) is 1. The van der Waals surface area contributed by atoms with Crippen LogP contribution in [0.5, 0.6) is 11.5 Å². The minimum Gasteiger partial charge on any atom is -0.493 e. The second-order valence-corrected chi connectivity index (χ2v) is 15.1. The quantitative estimate of drug-likeness (QED) is 0.0368. The van der Waals surface area contributed by atoms with Gasteiger partial charge in [-0.1, -0.05) is 93.1 Å². The van der Waals surface area contributed by atoms with E-state index < -0.39 is 6.04 Å². The smallest absolute Gasteiger partial charge is 0.245 e. The van der Waals surface area contributed by atoms with Crippen molar-refractivity contribution in [1.82, 2.24) is 35.3 Å². The molecule has 4 aromatic rings. The third-order valence-corrected chi connectivity index (χ3v) is 10.1. The molecule has 0 unspecified atom stereocenters. The van der Waals surface area contributed by atoms with Crippen LogP contribution < -0.4 is 32.0 Å². The van der Waals surface area contributed by atoms with Gasteiger partial charge in [0, 0.05) is 24.3 Å². The molecule has 2 aromatic carbocycles. The summed E-state index contributed by atoms with van der Waals surface area (Å²) in [6.45, 7) is 6.75. The van der Waals surface area contributed by atoms with E-state index in [9.17, 15) is 4.79 Å². The number of carbonyl (C=O) groups excluding carboxylic acids is 1. The molecule has 0 spiro atoms. The summed E-state index contributed by atoms with van der Waals surface area (Å²) in [5.74, 6) is 2.66. The monoisotopic (exact) mass is 827 g/mol. The first-order chi connectivity index (χ1) is 26.8. The number of nitrogens with zero attached hydrogens (tertiary/aromatic N) is 7. The molecule has 7 N–H and O–H groups in total. The number of ether oxygens (including phenoxy) is 2. The lowest BCUT2D eigenvalue weighted by Gasteiger charge is -2.23. The van der Waals surface area contributed by atoms with E-state index in [0.717, 1.165) is 60.4 Å². The van der Waals surface area contributed by atoms with E-state index in [1.807, 2.05) is 48.8 Å². The largest absolute Gasteiger partial charge is 0.493 e. The predicted octanol–water partition coefficient (Wildman–Crippen LogP) is 6.42. The maximum Gasteiger partial charge on any atom is 0.245 e. The molecule has 0 saturated heterocycles. The molecule has 2 atom stereocenters. The van der Waals surface area contributed by atoms with Crippen LogP contribution >= 0.6 is 24.8 Å². The number of nitrogens with two attached hydrogens (primary N) is 3. The number of rotatable bonds is 23. The highest BCUT2D eigenvalue weighted by Gasteiger charge is 2.26. The summed E-state index contributed by atoms with van der Waals surface area (Å²) >= 11 is 0. The molecule has 0 radical (unpaired) electrons. The Balaban J connectivity index is 0.00000435. The third kappa shape index (κ3) is 15.8. The molecule has 1 fully saturated rings. The topological polar surface area (TPSA) is 199 Å². The zero-order chi connectivity index (χ0) is 38.8. The number of hydrogen-bond acceptors (Lipinski definition) is 9. The van der Waals surface area contributed by atoms with E-state index in [1.54, 1.807) is 9.36 Å². The van der Waals surface area contributed by atoms with E-state index in [-0.39, 0.29) is 49.3 Å². The Hall–Kier alpha value is -4.40. The summed E-state index contributed by atoms with van der Waals surface area (Å²) in [6.07, 6.45) is 15.5. The van der Waals surface area contributed by atoms with Crippen LogP contribution in [0.1, 0.15) is 102 Å². The average Bonchev–Trinajstić information content (AvgIpc) is 3.84. The summed E-state index contributed by atoms with van der Waals surface area (Å²) in [7, 11) is 0. The number of guanidine groups is 1. The third-order valence-electron chi connectivity index (χ3n) is 10.1. The van der Waals surface area contributed by atoms with Gasteiger partial charge < -0.3 is 32.0 Å². The molecule has 16 heteroatoms. The van der Waals surface area contributed by atoms with Gasteiger partial charge in [-0.2, -0.15) is 0 Å². The minimum atomic E-state index is -0.562. The van der Waals surface area contributed by atoms with Gasteiger partial charge in [-0.25, -0.2) is 4.68 Å². The molecule has 2 aromatic heterocycles. The highest BCUT2D eigenvalue weighted by Crippen LogP contribution is 2.32. The number of amides is 1. The molecule has 14 nitrogen and oxygen atoms in total. The number of aromatic nitrogens is 6. The van der Waals surface area contributed by atoms with Gasteiger partial charge in [-0.15, -0.1) is 35.0 Å². The fourth-order valence-corrected chi connectivity index (χ4v) is 7.03. The van der Waals surface area contributed by atoms with E-state index in [4.69, 9.17) is 26.7 Å². The second-order valence-electron chi connectivity index (χ2n) is 15.1. The van der Waals surface area contributed by atoms with Gasteiger partial charge in [0.15, 0.2) is 5.96 Å². The summed E-state index contributed by atoms with van der Waals surface area (Å²) in [5, 5.41) is 21.0. The number of unbranched alkanes of at least 4 members (excludes halogenated alkanes) is 1. The van der Waals surface area contributed by atoms with Crippen molar-refractivity contribution in [3.8, 4) is 22.6 Å². The maximum atomic E-state index is 14.0. The zero-order valence-corrected chi connectivity index (χ0v) is 35.1. The van der Waals surface area contributed by atoms with Crippen LogP contribution in [0.3, 0.4) is 0 Å². The molecule has 1 amide bonds. The van der Waals surface area contributed by atoms with Crippen LogP contribution in [-0.2, 0) is 24.4 Å². The van der Waals surface area contributed by atoms with Crippen LogP contribution in [0.4, 0.5) is 0 Å². The Morgan fingerprint density at radius 2 is 1.70 bits per heavy atom. The lowest BCUT2D eigenvalue weighted by Crippen LogP contribution is -2.42. The Kier molecular flexibility index (Phi) is 20.7. The Labute approximate surface area is 349 Å². The van der Waals surface area contributed by atoms with Crippen LogP contribution in [0.25, 0.3) is 11.1 Å². The van der Waals surface area contributed by atoms with Crippen LogP contribution in [0.15, 0.2) is 65.9 Å². The van der Waals surface area contributed by atoms with Crippen molar-refractivity contribution in [3.05, 3.63) is 72.3 Å². The van der Waals surface area contributed by atoms with E-state index >= 15 is 0 Å². The van der Waals surface area contributed by atoms with Crippen molar-refractivity contribution in [1.29, 1.82) is 0 Å². The Bertz CT molecular complexity index is 1770. The molecule has 5 rings (SSSR count). The highest BCUT2D eigenvalue weighted by atomic mass is 35.5. The number of aliphatic imine (C=N–C) groups is 1. The highest BCUT2D eigenvalue weighted by molar-refractivity contribution is 5.85. The van der Waals surface area contributed by atoms with Gasteiger partial charge >= 0.3 is 0 Å². The second kappa shape index (κ2) is 25.1. The summed E-state index contributed by atoms with van der Waals surface area (Å²) in [5.41, 5.74) is 20.6. The molecule has 0 aliphatic heterocycles. The van der Waals surface area contributed by atoms with E-state index in [2.05, 4.69) is 56.9 Å². The van der Waals surface area contributed by atoms with Crippen molar-refractivity contribution < 1.29 is 14.3 Å². The van der Waals surface area contributed by atoms with E-state index in [1.165, 1.54) is 32.1 Å². The summed E-state index contributed by atoms with van der Waals surface area (Å²) in [6, 6.07) is 15.3. The van der Waals surface area contributed by atoms with Crippen molar-refractivity contribution in [2.75, 3.05) is 19.7 Å². The van der Waals surface area contributed by atoms with Gasteiger partial charge in [-0.3, -0.25) is 14.5 Å². The summed E-state index contributed by atoms with van der Waals surface area (Å²) in [4.78, 5) is 18.1. The number of benzene rings is 2. The fourth-order valence-electron chi connectivity index (χ4n) is 7.03. The average molecular weight is 829 g/mol. The van der Waals surface area contributed by atoms with Crippen LogP contribution in [-0.4, -0.2) is 67.6 Å². The maximum absolute atomic E-state index is 14.0. The SMILES string of the molecule is CC(C)CCOc1ccccc1-c1cccc(OCc2cn(C[C@@H](CCCCN)NC(=O)[C@@H](CCCN=C(N)N)n3cc(CC4CCCCC4)nn3)nn2)c1.Cl.Cl. The first kappa shape index (κ1) is 47.0. The van der Waals surface area contributed by atoms with Crippen molar-refractivity contribution in [2.24, 2.45) is 34.0 Å². The zero-order valence-electron chi connectivity index (χ0n) is 33.5. The molecule has 0 bridgehead atoms. The number of carbonyl (C=O) groups is 1. The molecular weight excluding hydrogens is 765 g/mol. The number of hydrogen-bond donors (Lipinski definition) is 4. The molecule has 1 saturated carbocycles. The van der Waals surface area contributed by atoms with Gasteiger partial charge in [0.25, 0.3) is 0 Å². The van der Waals surface area contributed by atoms with Crippen LogP contribution in [0.2, 0.25) is 0 Å². The lowest BCUT2D eigenvalue weighted by atomic mass is 9.86. The molecule has 1 aliphatic carbocycles. The van der Waals surface area contributed by atoms with Crippen LogP contribution in [0, 0.1) is 11.8 Å². The first-order valence-corrected chi connectivity index (χ1v) is 20.1. The van der Waals surface area contributed by atoms with Crippen molar-refractivity contribution in [3.63, 3.8) is 0 Å². The van der Waals surface area contributed by atoms with Crippen molar-refractivity contribution in [2.45, 2.75) is 116 Å². The molecule has 2 heterocycles. The molecule has 57 heavy (non-hydrogen) atoms. The van der Waals surface area contributed by atoms with Gasteiger partial charge in [0.05, 0.1) is 25.0 Å². The van der Waals surface area contributed by atoms with Gasteiger partial charge in [-0.05, 0) is 80.7 Å². The summed E-state index contributed by atoms with van der Waals surface area (Å²) < 4.78 is 15.8. The minimum absolute atomic E-state index is 0.